The van der Waals surface area contributed by atoms with Crippen LogP contribution in [-0.2, 0) is 10.3 Å². The highest BCUT2D eigenvalue weighted by Gasteiger charge is 2.46. The maximum atomic E-state index is 13.4. The number of hydrogen-bond acceptors (Lipinski definition) is 4. The van der Waals surface area contributed by atoms with Crippen molar-refractivity contribution in [3.63, 3.8) is 0 Å². The number of rotatable bonds is 2. The van der Waals surface area contributed by atoms with Crippen molar-refractivity contribution in [2.75, 3.05) is 20.2 Å². The molecule has 0 atom stereocenters. The minimum Gasteiger partial charge on any atom is -0.494 e. The van der Waals surface area contributed by atoms with E-state index in [1.807, 2.05) is 0 Å². The van der Waals surface area contributed by atoms with E-state index < -0.39 is 23.1 Å². The van der Waals surface area contributed by atoms with Crippen molar-refractivity contribution in [3.8, 4) is 5.75 Å². The molecule has 1 saturated heterocycles. The maximum absolute atomic E-state index is 13.4. The molecule has 0 spiro atoms. The van der Waals surface area contributed by atoms with Crippen LogP contribution in [0.2, 0.25) is 0 Å². The number of hydrogen-bond donors (Lipinski definition) is 1. The summed E-state index contributed by atoms with van der Waals surface area (Å²) in [6.07, 6.45) is -0.471. The molecule has 0 radical (unpaired) electrons. The number of aliphatic hydroxyl groups is 1. The van der Waals surface area contributed by atoms with Gasteiger partial charge in [0.2, 0.25) is 0 Å². The summed E-state index contributed by atoms with van der Waals surface area (Å²) in [5, 5.41) is 10.5. The number of nitrogens with zero attached hydrogens (tertiary/aromatic N) is 1. The second-order valence-electron chi connectivity index (χ2n) is 6.22. The molecule has 1 amide bonds. The van der Waals surface area contributed by atoms with Gasteiger partial charge in [0.1, 0.15) is 11.2 Å². The maximum Gasteiger partial charge on any atom is 0.410 e. The second kappa shape index (κ2) is 5.18. The van der Waals surface area contributed by atoms with Gasteiger partial charge in [0, 0.05) is 0 Å². The number of halogens is 1. The van der Waals surface area contributed by atoms with Gasteiger partial charge in [-0.3, -0.25) is 0 Å². The smallest absolute Gasteiger partial charge is 0.410 e. The first kappa shape index (κ1) is 15.6. The Morgan fingerprint density at radius 3 is 2.52 bits per heavy atom. The van der Waals surface area contributed by atoms with Gasteiger partial charge < -0.3 is 19.5 Å². The van der Waals surface area contributed by atoms with Gasteiger partial charge in [-0.25, -0.2) is 9.18 Å². The monoisotopic (exact) mass is 297 g/mol. The van der Waals surface area contributed by atoms with Gasteiger partial charge in [0.25, 0.3) is 0 Å². The number of likely N-dealkylation sites (tertiary alicyclic amines) is 1. The molecule has 1 aliphatic rings. The average molecular weight is 297 g/mol. The lowest BCUT2D eigenvalue weighted by atomic mass is 9.86. The Balaban J connectivity index is 2.06. The van der Waals surface area contributed by atoms with Crippen molar-refractivity contribution in [2.24, 2.45) is 0 Å². The molecule has 0 aliphatic carbocycles. The number of benzene rings is 1. The largest absolute Gasteiger partial charge is 0.494 e. The van der Waals surface area contributed by atoms with E-state index in [1.165, 1.54) is 30.2 Å². The first-order valence-electron chi connectivity index (χ1n) is 6.69. The predicted molar refractivity (Wildman–Crippen MR) is 74.7 cm³/mol. The van der Waals surface area contributed by atoms with Crippen molar-refractivity contribution in [3.05, 3.63) is 29.6 Å². The summed E-state index contributed by atoms with van der Waals surface area (Å²) in [5.74, 6) is -0.426. The van der Waals surface area contributed by atoms with Gasteiger partial charge in [0.05, 0.1) is 20.2 Å². The van der Waals surface area contributed by atoms with Gasteiger partial charge in [0.15, 0.2) is 11.6 Å². The quantitative estimate of drug-likeness (QED) is 0.910. The minimum absolute atomic E-state index is 0.0663. The lowest BCUT2D eigenvalue weighted by Crippen LogP contribution is -2.61. The van der Waals surface area contributed by atoms with Crippen molar-refractivity contribution in [1.82, 2.24) is 4.90 Å². The van der Waals surface area contributed by atoms with Gasteiger partial charge in [-0.05, 0) is 38.5 Å². The van der Waals surface area contributed by atoms with E-state index in [4.69, 9.17) is 9.47 Å². The van der Waals surface area contributed by atoms with Crippen LogP contribution in [0.4, 0.5) is 9.18 Å². The Hall–Kier alpha value is -1.82. The zero-order valence-electron chi connectivity index (χ0n) is 12.6. The van der Waals surface area contributed by atoms with Gasteiger partial charge in [-0.2, -0.15) is 0 Å². The van der Waals surface area contributed by atoms with Crippen LogP contribution in [0.1, 0.15) is 26.3 Å². The zero-order chi connectivity index (χ0) is 15.8. The van der Waals surface area contributed by atoms with E-state index >= 15 is 0 Å². The summed E-state index contributed by atoms with van der Waals surface area (Å²) in [5.41, 5.74) is -1.26. The second-order valence-corrected chi connectivity index (χ2v) is 6.22. The van der Waals surface area contributed by atoms with Crippen LogP contribution in [0.5, 0.6) is 5.75 Å². The summed E-state index contributed by atoms with van der Waals surface area (Å²) >= 11 is 0. The van der Waals surface area contributed by atoms with E-state index in [0.717, 1.165) is 0 Å². The molecule has 21 heavy (non-hydrogen) atoms. The molecule has 1 aliphatic heterocycles. The molecular formula is C15H20FNO4. The number of ether oxygens (including phenoxy) is 2. The highest BCUT2D eigenvalue weighted by Crippen LogP contribution is 2.35. The fraction of sp³-hybridized carbons (Fsp3) is 0.533. The van der Waals surface area contributed by atoms with E-state index in [2.05, 4.69) is 0 Å². The fourth-order valence-electron chi connectivity index (χ4n) is 2.17. The normalized spacial score (nSPS) is 17.1. The standard InChI is InChI=1S/C15H20FNO4/c1-14(2,3)21-13(18)17-8-15(19,9-17)10-5-6-11(16)12(7-10)20-4/h5-7,19H,8-9H2,1-4H3. The topological polar surface area (TPSA) is 59.0 Å². The molecule has 1 aromatic carbocycles. The summed E-state index contributed by atoms with van der Waals surface area (Å²) in [6.45, 7) is 5.55. The molecule has 1 N–H and O–H groups in total. The van der Waals surface area contributed by atoms with Crippen molar-refractivity contribution in [1.29, 1.82) is 0 Å². The molecule has 5 nitrogen and oxygen atoms in total. The summed E-state index contributed by atoms with van der Waals surface area (Å²) in [6, 6.07) is 4.17. The van der Waals surface area contributed by atoms with Crippen molar-refractivity contribution in [2.45, 2.75) is 32.0 Å². The third-order valence-corrected chi connectivity index (χ3v) is 3.25. The molecule has 0 aromatic heterocycles. The molecule has 6 heteroatoms. The van der Waals surface area contributed by atoms with Gasteiger partial charge in [-0.15, -0.1) is 0 Å². The first-order valence-corrected chi connectivity index (χ1v) is 6.69. The van der Waals surface area contributed by atoms with E-state index in [0.29, 0.717) is 5.56 Å². The highest BCUT2D eigenvalue weighted by atomic mass is 19.1. The van der Waals surface area contributed by atoms with Crippen molar-refractivity contribution < 1.29 is 23.8 Å². The zero-order valence-corrected chi connectivity index (χ0v) is 12.6. The van der Waals surface area contributed by atoms with E-state index in [1.54, 1.807) is 20.8 Å². The third kappa shape index (κ3) is 3.26. The molecule has 1 fully saturated rings. The van der Waals surface area contributed by atoms with E-state index in [-0.39, 0.29) is 18.8 Å². The lowest BCUT2D eigenvalue weighted by Gasteiger charge is -2.46. The summed E-state index contributed by atoms with van der Waals surface area (Å²) < 4.78 is 23.5. The molecule has 1 aromatic rings. The van der Waals surface area contributed by atoms with Crippen LogP contribution in [0.25, 0.3) is 0 Å². The van der Waals surface area contributed by atoms with Crippen LogP contribution < -0.4 is 4.74 Å². The molecular weight excluding hydrogens is 277 g/mol. The molecule has 1 heterocycles. The third-order valence-electron chi connectivity index (χ3n) is 3.25. The Bertz CT molecular complexity index is 547. The first-order chi connectivity index (χ1) is 9.64. The summed E-state index contributed by atoms with van der Waals surface area (Å²) in [4.78, 5) is 13.2. The number of amides is 1. The highest BCUT2D eigenvalue weighted by molar-refractivity contribution is 5.70. The van der Waals surface area contributed by atoms with Crippen LogP contribution in [0.15, 0.2) is 18.2 Å². The number of carbonyl (C=O) groups excluding carboxylic acids is 1. The molecule has 0 unspecified atom stereocenters. The number of β-amino-alcohol motifs (C(OH)–C–C–N with tert-alkyl or cyclic N) is 1. The van der Waals surface area contributed by atoms with Crippen LogP contribution in [-0.4, -0.2) is 41.9 Å². The fourth-order valence-corrected chi connectivity index (χ4v) is 2.17. The Morgan fingerprint density at radius 2 is 2.00 bits per heavy atom. The number of methoxy groups -OCH3 is 1. The van der Waals surface area contributed by atoms with Gasteiger partial charge >= 0.3 is 6.09 Å². The summed E-state index contributed by atoms with van der Waals surface area (Å²) in [7, 11) is 1.36. The SMILES string of the molecule is COc1cc(C2(O)CN(C(=O)OC(C)(C)C)C2)ccc1F. The average Bonchev–Trinajstić information content (AvgIpc) is 2.33. The Labute approximate surface area is 123 Å². The molecule has 0 bridgehead atoms. The predicted octanol–water partition coefficient (Wildman–Crippen LogP) is 2.27. The Morgan fingerprint density at radius 1 is 1.38 bits per heavy atom. The lowest BCUT2D eigenvalue weighted by molar-refractivity contribution is -0.103. The molecule has 116 valence electrons. The van der Waals surface area contributed by atoms with E-state index in [9.17, 15) is 14.3 Å². The minimum atomic E-state index is -1.20. The van der Waals surface area contributed by atoms with Crippen LogP contribution >= 0.6 is 0 Å². The molecule has 0 saturated carbocycles. The van der Waals surface area contributed by atoms with Crippen LogP contribution in [0, 0.1) is 5.82 Å². The molecule has 2 rings (SSSR count). The van der Waals surface area contributed by atoms with Crippen LogP contribution in [0.3, 0.4) is 0 Å². The van der Waals surface area contributed by atoms with Gasteiger partial charge in [-0.1, -0.05) is 6.07 Å². The number of carbonyl (C=O) groups is 1. The Kier molecular flexibility index (Phi) is 3.84. The van der Waals surface area contributed by atoms with Crippen molar-refractivity contribution >= 4 is 6.09 Å².